The number of nitrogens with two attached hydrogens (primary N) is 1. The highest BCUT2D eigenvalue weighted by molar-refractivity contribution is 6.02. The van der Waals surface area contributed by atoms with Crippen molar-refractivity contribution in [1.29, 1.82) is 0 Å². The van der Waals surface area contributed by atoms with Gasteiger partial charge in [-0.25, -0.2) is 0 Å². The number of nitrogens with zero attached hydrogens (tertiary/aromatic N) is 2. The van der Waals surface area contributed by atoms with Gasteiger partial charge in [0.1, 0.15) is 0 Å². The normalized spacial score (nSPS) is 20.1. The van der Waals surface area contributed by atoms with Crippen molar-refractivity contribution in [2.75, 3.05) is 26.2 Å². The number of benzene rings is 1. The topological polar surface area (TPSA) is 92.1 Å². The molecule has 1 aliphatic heterocycles. The molecule has 3 aliphatic rings. The Balaban J connectivity index is 1.18. The molecule has 0 unspecified atom stereocenters. The molecule has 43 heavy (non-hydrogen) atoms. The second-order valence-corrected chi connectivity index (χ2v) is 14.7. The molecule has 0 bridgehead atoms. The lowest BCUT2D eigenvalue weighted by Gasteiger charge is -2.48. The second-order valence-electron chi connectivity index (χ2n) is 14.7. The summed E-state index contributed by atoms with van der Waals surface area (Å²) < 4.78 is 0. The van der Waals surface area contributed by atoms with Gasteiger partial charge in [-0.05, 0) is 95.5 Å². The molecular weight excluding hydrogens is 532 g/mol. The van der Waals surface area contributed by atoms with Gasteiger partial charge in [-0.1, -0.05) is 52.0 Å². The number of rotatable bonds is 9. The molecule has 0 amide bonds. The summed E-state index contributed by atoms with van der Waals surface area (Å²) in [4.78, 5) is 35.6. The van der Waals surface area contributed by atoms with E-state index in [-0.39, 0.29) is 22.7 Å². The van der Waals surface area contributed by atoms with Gasteiger partial charge in [-0.15, -0.1) is 0 Å². The van der Waals surface area contributed by atoms with Crippen LogP contribution in [0.15, 0.2) is 59.0 Å². The first kappa shape index (κ1) is 29.7. The van der Waals surface area contributed by atoms with E-state index >= 15 is 0 Å². The van der Waals surface area contributed by atoms with Gasteiger partial charge in [0.2, 0.25) is 5.56 Å². The molecule has 3 aromatic rings. The molecule has 2 aliphatic carbocycles. The Bertz CT molecular complexity index is 1570. The highest BCUT2D eigenvalue weighted by Crippen LogP contribution is 2.39. The molecule has 226 valence electrons. The van der Waals surface area contributed by atoms with Crippen molar-refractivity contribution in [1.82, 2.24) is 14.9 Å². The van der Waals surface area contributed by atoms with Gasteiger partial charge in [0.15, 0.2) is 5.78 Å². The number of Topliss-reactive ketones (excluding diaryl/α,β-unsaturated/α-hetero) is 1. The Kier molecular flexibility index (Phi) is 8.03. The highest BCUT2D eigenvalue weighted by atomic mass is 16.1. The number of carbonyl (C=O) groups excluding carboxylic acids is 1. The fourth-order valence-electron chi connectivity index (χ4n) is 7.27. The molecule has 2 aromatic heterocycles. The summed E-state index contributed by atoms with van der Waals surface area (Å²) in [6.07, 6.45) is 9.21. The third kappa shape index (κ3) is 6.46. The lowest BCUT2D eigenvalue weighted by molar-refractivity contribution is -0.116. The number of fused-ring (bicyclic) bond motifs is 2. The minimum absolute atomic E-state index is 0.108. The number of allylic oxidation sites excluding steroid dienone is 1. The average Bonchev–Trinajstić information content (AvgIpc) is 3.39. The van der Waals surface area contributed by atoms with E-state index in [1.807, 2.05) is 6.07 Å². The van der Waals surface area contributed by atoms with E-state index in [1.165, 1.54) is 23.2 Å². The molecule has 1 fully saturated rings. The van der Waals surface area contributed by atoms with Crippen molar-refractivity contribution >= 4 is 11.9 Å². The predicted molar refractivity (Wildman–Crippen MR) is 174 cm³/mol. The molecule has 3 heterocycles. The Hall–Kier alpha value is -3.35. The maximum absolute atomic E-state index is 13.8. The van der Waals surface area contributed by atoms with Crippen LogP contribution in [-0.2, 0) is 24.1 Å². The summed E-state index contributed by atoms with van der Waals surface area (Å²) in [5, 5.41) is 0. The number of aromatic amines is 1. The van der Waals surface area contributed by atoms with Crippen molar-refractivity contribution in [3.63, 3.8) is 0 Å². The first-order valence-corrected chi connectivity index (χ1v) is 16.0. The van der Waals surface area contributed by atoms with Gasteiger partial charge in [0, 0.05) is 61.4 Å². The fourth-order valence-corrected chi connectivity index (χ4v) is 7.27. The van der Waals surface area contributed by atoms with E-state index < -0.39 is 0 Å². The van der Waals surface area contributed by atoms with Crippen LogP contribution in [-0.4, -0.2) is 46.8 Å². The average molecular weight is 579 g/mol. The van der Waals surface area contributed by atoms with E-state index in [1.54, 1.807) is 12.3 Å². The van der Waals surface area contributed by atoms with Crippen molar-refractivity contribution in [2.45, 2.75) is 72.1 Å². The van der Waals surface area contributed by atoms with Crippen LogP contribution in [0.2, 0.25) is 0 Å². The Morgan fingerprint density at radius 3 is 2.53 bits per heavy atom. The van der Waals surface area contributed by atoms with E-state index in [0.29, 0.717) is 30.7 Å². The Labute approximate surface area is 255 Å². The number of pyridine rings is 2. The van der Waals surface area contributed by atoms with Crippen LogP contribution < -0.4 is 11.3 Å². The monoisotopic (exact) mass is 578 g/mol. The summed E-state index contributed by atoms with van der Waals surface area (Å²) in [7, 11) is 0. The van der Waals surface area contributed by atoms with Crippen LogP contribution in [0.4, 0.5) is 0 Å². The van der Waals surface area contributed by atoms with Crippen LogP contribution in [0.1, 0.15) is 81.0 Å². The number of hydrogen-bond acceptors (Lipinski definition) is 5. The van der Waals surface area contributed by atoms with Crippen molar-refractivity contribution in [2.24, 2.45) is 22.5 Å². The number of aromatic nitrogens is 2. The number of ketones is 1. The highest BCUT2D eigenvalue weighted by Gasteiger charge is 2.37. The zero-order valence-corrected chi connectivity index (χ0v) is 26.2. The summed E-state index contributed by atoms with van der Waals surface area (Å²) in [6, 6.07) is 14.2. The molecule has 6 rings (SSSR count). The van der Waals surface area contributed by atoms with E-state index in [0.717, 1.165) is 66.9 Å². The predicted octanol–water partition coefficient (Wildman–Crippen LogP) is 5.94. The summed E-state index contributed by atoms with van der Waals surface area (Å²) in [5.74, 6) is 1.02. The standard InChI is InChI=1S/C37H46N4O2/c1-36(2,3)31-10-11-32-29(17-31)15-28-16-30(18-33(28)40-32)34(42)19-26(13-14-41-22-37(4,21-38)23-41)24-5-7-25(8-6-24)27-9-12-35(43)39-20-27/h5-9,12,15-16,20,26,31H,10-11,13-14,17-19,21-23,38H2,1-4H3,(H,39,43)/t26-,31-/m0/s1. The fraction of sp³-hybridized carbons (Fsp3) is 0.486. The third-order valence-electron chi connectivity index (χ3n) is 10.2. The van der Waals surface area contributed by atoms with Crippen LogP contribution in [0.3, 0.4) is 0 Å². The number of nitrogens with one attached hydrogen (secondary N) is 1. The number of aryl methyl sites for hydroxylation is 1. The summed E-state index contributed by atoms with van der Waals surface area (Å²) >= 11 is 0. The molecule has 2 atom stereocenters. The van der Waals surface area contributed by atoms with Crippen LogP contribution in [0.25, 0.3) is 17.2 Å². The molecule has 0 saturated carbocycles. The lowest BCUT2D eigenvalue weighted by Crippen LogP contribution is -2.58. The lowest BCUT2D eigenvalue weighted by atomic mass is 9.71. The Morgan fingerprint density at radius 1 is 1.12 bits per heavy atom. The molecule has 3 N–H and O–H groups in total. The maximum atomic E-state index is 13.8. The quantitative estimate of drug-likeness (QED) is 0.328. The van der Waals surface area contributed by atoms with E-state index in [2.05, 4.69) is 74.0 Å². The molecule has 1 saturated heterocycles. The van der Waals surface area contributed by atoms with Gasteiger partial charge >= 0.3 is 0 Å². The van der Waals surface area contributed by atoms with Gasteiger partial charge in [0.05, 0.1) is 5.69 Å². The van der Waals surface area contributed by atoms with E-state index in [4.69, 9.17) is 10.7 Å². The Morgan fingerprint density at radius 2 is 1.86 bits per heavy atom. The van der Waals surface area contributed by atoms with Crippen molar-refractivity contribution in [3.8, 4) is 11.1 Å². The van der Waals surface area contributed by atoms with Crippen molar-refractivity contribution in [3.05, 3.63) is 92.7 Å². The zero-order chi connectivity index (χ0) is 30.4. The SMILES string of the molecule is CC1(CN)CN(CC[C@@H](CC(=O)C2=Cc3cc4c(nc3C2)CC[C@H](C(C)(C)C)C4)c2ccc(-c3ccc(=O)[nH]c3)cc2)C1. The van der Waals surface area contributed by atoms with Gasteiger partial charge in [-0.2, -0.15) is 0 Å². The van der Waals surface area contributed by atoms with Crippen LogP contribution >= 0.6 is 0 Å². The summed E-state index contributed by atoms with van der Waals surface area (Å²) in [6.45, 7) is 13.0. The smallest absolute Gasteiger partial charge is 0.247 e. The van der Waals surface area contributed by atoms with Gasteiger partial charge in [0.25, 0.3) is 0 Å². The van der Waals surface area contributed by atoms with Gasteiger partial charge < -0.3 is 15.6 Å². The molecular formula is C37H46N4O2. The minimum Gasteiger partial charge on any atom is -0.330 e. The van der Waals surface area contributed by atoms with Crippen LogP contribution in [0.5, 0.6) is 0 Å². The van der Waals surface area contributed by atoms with Crippen molar-refractivity contribution < 1.29 is 4.79 Å². The number of carbonyl (C=O) groups is 1. The largest absolute Gasteiger partial charge is 0.330 e. The third-order valence-corrected chi connectivity index (χ3v) is 10.2. The number of likely N-dealkylation sites (tertiary alicyclic amines) is 1. The molecule has 6 heteroatoms. The maximum Gasteiger partial charge on any atom is 0.247 e. The molecule has 1 aromatic carbocycles. The molecule has 6 nitrogen and oxygen atoms in total. The first-order valence-electron chi connectivity index (χ1n) is 16.0. The summed E-state index contributed by atoms with van der Waals surface area (Å²) in [5.41, 5.74) is 15.3. The first-order chi connectivity index (χ1) is 20.5. The minimum atomic E-state index is -0.108. The van der Waals surface area contributed by atoms with Gasteiger partial charge in [-0.3, -0.25) is 14.6 Å². The number of hydrogen-bond donors (Lipinski definition) is 2. The van der Waals surface area contributed by atoms with Crippen LogP contribution in [0, 0.1) is 16.7 Å². The van der Waals surface area contributed by atoms with E-state index in [9.17, 15) is 9.59 Å². The molecule has 0 radical (unpaired) electrons. The zero-order valence-electron chi connectivity index (χ0n) is 26.2. The number of H-pyrrole nitrogens is 1. The molecule has 0 spiro atoms. The second kappa shape index (κ2) is 11.6.